The zero-order chi connectivity index (χ0) is 25.7. The van der Waals surface area contributed by atoms with Crippen molar-refractivity contribution in [2.45, 2.75) is 0 Å². The minimum Gasteiger partial charge on any atom is -0.332 e. The largest absolute Gasteiger partial charge is 0.332 e. The van der Waals surface area contributed by atoms with Crippen molar-refractivity contribution >= 4 is 57.6 Å². The second kappa shape index (κ2) is 10.9. The van der Waals surface area contributed by atoms with E-state index in [4.69, 9.17) is 23.8 Å². The van der Waals surface area contributed by atoms with Crippen molar-refractivity contribution in [3.8, 4) is 11.1 Å². The third kappa shape index (κ3) is 6.21. The maximum atomic E-state index is 13.3. The number of halogens is 2. The van der Waals surface area contributed by atoms with Gasteiger partial charge in [-0.1, -0.05) is 41.9 Å². The van der Waals surface area contributed by atoms with Crippen molar-refractivity contribution in [1.82, 2.24) is 0 Å². The first-order chi connectivity index (χ1) is 17.3. The molecule has 4 aromatic carbocycles. The Bertz CT molecular complexity index is 1450. The van der Waals surface area contributed by atoms with Crippen molar-refractivity contribution in [2.24, 2.45) is 0 Å². The van der Waals surface area contributed by atoms with E-state index in [2.05, 4.69) is 16.0 Å². The Morgan fingerprint density at radius 3 is 1.97 bits per heavy atom. The highest BCUT2D eigenvalue weighted by Crippen LogP contribution is 2.26. The lowest BCUT2D eigenvalue weighted by atomic mass is 10.0. The predicted molar refractivity (Wildman–Crippen MR) is 144 cm³/mol. The van der Waals surface area contributed by atoms with Crippen LogP contribution in [0.15, 0.2) is 91.0 Å². The molecule has 0 bridgehead atoms. The summed E-state index contributed by atoms with van der Waals surface area (Å²) < 4.78 is 13.3. The van der Waals surface area contributed by atoms with Crippen LogP contribution in [0.5, 0.6) is 0 Å². The number of carbonyl (C=O) groups is 1. The summed E-state index contributed by atoms with van der Waals surface area (Å²) in [4.78, 5) is 23.0. The van der Waals surface area contributed by atoms with E-state index in [9.17, 15) is 19.3 Å². The Morgan fingerprint density at radius 2 is 1.39 bits per heavy atom. The molecule has 0 saturated heterocycles. The zero-order valence-electron chi connectivity index (χ0n) is 18.5. The van der Waals surface area contributed by atoms with Gasteiger partial charge in [-0.15, -0.1) is 0 Å². The number of nitro benzene ring substituents is 1. The van der Waals surface area contributed by atoms with Gasteiger partial charge >= 0.3 is 0 Å². The van der Waals surface area contributed by atoms with Crippen LogP contribution < -0.4 is 16.0 Å². The Balaban J connectivity index is 1.38. The van der Waals surface area contributed by atoms with Crippen molar-refractivity contribution < 1.29 is 14.1 Å². The van der Waals surface area contributed by atoms with Crippen LogP contribution in [-0.4, -0.2) is 15.9 Å². The van der Waals surface area contributed by atoms with Crippen LogP contribution in [0.4, 0.5) is 27.1 Å². The summed E-state index contributed by atoms with van der Waals surface area (Å²) in [6, 6.07) is 24.4. The molecule has 180 valence electrons. The fourth-order valence-corrected chi connectivity index (χ4v) is 3.79. The first-order valence-electron chi connectivity index (χ1n) is 10.6. The first-order valence-corrected chi connectivity index (χ1v) is 11.4. The first kappa shape index (κ1) is 24.8. The van der Waals surface area contributed by atoms with Crippen molar-refractivity contribution in [3.05, 3.63) is 118 Å². The highest BCUT2D eigenvalue weighted by atomic mass is 35.5. The van der Waals surface area contributed by atoms with E-state index >= 15 is 0 Å². The molecule has 0 saturated carbocycles. The summed E-state index contributed by atoms with van der Waals surface area (Å²) in [6.45, 7) is 0. The highest BCUT2D eigenvalue weighted by molar-refractivity contribution is 7.80. The molecule has 3 N–H and O–H groups in total. The second-order valence-corrected chi connectivity index (χ2v) is 8.44. The summed E-state index contributed by atoms with van der Waals surface area (Å²) in [6.07, 6.45) is 0. The van der Waals surface area contributed by atoms with Crippen LogP contribution in [0, 0.1) is 15.9 Å². The average molecular weight is 521 g/mol. The maximum Gasteiger partial charge on any atom is 0.270 e. The highest BCUT2D eigenvalue weighted by Gasteiger charge is 2.16. The standard InChI is InChI=1S/C26H18ClFN4O3S/c27-24-13-12-22(32(34)35)15-23(24)25(33)29-19-8-4-16(5-9-19)17-6-10-20(11-7-17)30-26(36)31-21-3-1-2-18(28)14-21/h1-15H,(H,29,33)(H2,30,31,36). The minimum atomic E-state index is -0.586. The van der Waals surface area contributed by atoms with Gasteiger partial charge in [0.25, 0.3) is 11.6 Å². The number of nitro groups is 1. The fraction of sp³-hybridized carbons (Fsp3) is 0. The summed E-state index contributed by atoms with van der Waals surface area (Å²) in [5.74, 6) is -0.903. The molecule has 0 unspecified atom stereocenters. The van der Waals surface area contributed by atoms with E-state index in [1.165, 1.54) is 24.3 Å². The van der Waals surface area contributed by atoms with E-state index in [0.717, 1.165) is 22.9 Å². The third-order valence-electron chi connectivity index (χ3n) is 5.11. The zero-order valence-corrected chi connectivity index (χ0v) is 20.1. The van der Waals surface area contributed by atoms with Gasteiger partial charge in [0.05, 0.1) is 15.5 Å². The number of rotatable bonds is 6. The number of anilines is 3. The van der Waals surface area contributed by atoms with Crippen LogP contribution in [-0.2, 0) is 0 Å². The molecular formula is C26H18ClFN4O3S. The molecule has 0 aliphatic heterocycles. The Kier molecular flexibility index (Phi) is 7.53. The maximum absolute atomic E-state index is 13.3. The minimum absolute atomic E-state index is 0.0165. The molecule has 0 aromatic heterocycles. The third-order valence-corrected chi connectivity index (χ3v) is 5.64. The smallest absolute Gasteiger partial charge is 0.270 e. The van der Waals surface area contributed by atoms with Gasteiger partial charge in [-0.05, 0) is 71.9 Å². The molecule has 7 nitrogen and oxygen atoms in total. The van der Waals surface area contributed by atoms with Crippen LogP contribution in [0.2, 0.25) is 5.02 Å². The fourth-order valence-electron chi connectivity index (χ4n) is 3.35. The van der Waals surface area contributed by atoms with Gasteiger partial charge in [0.15, 0.2) is 5.11 Å². The number of carbonyl (C=O) groups excluding carboxylic acids is 1. The Hall–Kier alpha value is -4.34. The van der Waals surface area contributed by atoms with Gasteiger partial charge in [-0.2, -0.15) is 0 Å². The van der Waals surface area contributed by atoms with Gasteiger partial charge in [-0.25, -0.2) is 4.39 Å². The predicted octanol–water partition coefficient (Wildman–Crippen LogP) is 7.12. The number of nitrogens with zero attached hydrogens (tertiary/aromatic N) is 1. The summed E-state index contributed by atoms with van der Waals surface area (Å²) >= 11 is 11.3. The normalized spacial score (nSPS) is 10.4. The average Bonchev–Trinajstić information content (AvgIpc) is 2.85. The topological polar surface area (TPSA) is 96.3 Å². The monoisotopic (exact) mass is 520 g/mol. The molecule has 0 aliphatic carbocycles. The quantitative estimate of drug-likeness (QED) is 0.142. The van der Waals surface area contributed by atoms with Crippen molar-refractivity contribution in [3.63, 3.8) is 0 Å². The van der Waals surface area contributed by atoms with Crippen LogP contribution in [0.3, 0.4) is 0 Å². The van der Waals surface area contributed by atoms with Crippen molar-refractivity contribution in [2.75, 3.05) is 16.0 Å². The number of nitrogens with one attached hydrogen (secondary N) is 3. The summed E-state index contributed by atoms with van der Waals surface area (Å²) in [5, 5.41) is 20.1. The molecule has 1 amide bonds. The van der Waals surface area contributed by atoms with E-state index in [1.807, 2.05) is 36.4 Å². The molecule has 0 fully saturated rings. The van der Waals surface area contributed by atoms with E-state index in [0.29, 0.717) is 16.5 Å². The second-order valence-electron chi connectivity index (χ2n) is 7.62. The van der Waals surface area contributed by atoms with Gasteiger partial charge in [0.1, 0.15) is 5.82 Å². The van der Waals surface area contributed by atoms with Gasteiger partial charge in [0, 0.05) is 29.2 Å². The summed E-state index contributed by atoms with van der Waals surface area (Å²) in [5.41, 5.74) is 3.46. The lowest BCUT2D eigenvalue weighted by Crippen LogP contribution is -2.19. The Labute approximate surface area is 216 Å². The lowest BCUT2D eigenvalue weighted by Gasteiger charge is -2.11. The number of hydrogen-bond donors (Lipinski definition) is 3. The van der Waals surface area contributed by atoms with Gasteiger partial charge < -0.3 is 16.0 Å². The van der Waals surface area contributed by atoms with Gasteiger partial charge in [0.2, 0.25) is 0 Å². The number of amides is 1. The molecule has 0 spiro atoms. The molecule has 0 radical (unpaired) electrons. The molecule has 0 heterocycles. The molecule has 36 heavy (non-hydrogen) atoms. The lowest BCUT2D eigenvalue weighted by molar-refractivity contribution is -0.384. The molecule has 4 aromatic rings. The number of thiocarbonyl (C=S) groups is 1. The number of benzene rings is 4. The molecular weight excluding hydrogens is 503 g/mol. The SMILES string of the molecule is O=C(Nc1ccc(-c2ccc(NC(=S)Nc3cccc(F)c3)cc2)cc1)c1cc([N+](=O)[O-])ccc1Cl. The molecule has 0 aliphatic rings. The summed E-state index contributed by atoms with van der Waals surface area (Å²) in [7, 11) is 0. The molecule has 10 heteroatoms. The molecule has 0 atom stereocenters. The van der Waals surface area contributed by atoms with Gasteiger partial charge in [-0.3, -0.25) is 14.9 Å². The Morgan fingerprint density at radius 1 is 0.806 bits per heavy atom. The van der Waals surface area contributed by atoms with E-state index in [1.54, 1.807) is 24.3 Å². The van der Waals surface area contributed by atoms with E-state index in [-0.39, 0.29) is 22.1 Å². The van der Waals surface area contributed by atoms with Crippen LogP contribution >= 0.6 is 23.8 Å². The van der Waals surface area contributed by atoms with E-state index < -0.39 is 10.8 Å². The van der Waals surface area contributed by atoms with Crippen LogP contribution in [0.1, 0.15) is 10.4 Å². The van der Waals surface area contributed by atoms with Crippen LogP contribution in [0.25, 0.3) is 11.1 Å². The molecule has 4 rings (SSSR count). The number of non-ortho nitro benzene ring substituents is 1. The number of hydrogen-bond acceptors (Lipinski definition) is 4. The van der Waals surface area contributed by atoms with Crippen molar-refractivity contribution in [1.29, 1.82) is 0 Å².